The zero-order valence-corrected chi connectivity index (χ0v) is 13.3. The second-order valence-electron chi connectivity index (χ2n) is 5.31. The Morgan fingerprint density at radius 1 is 1.04 bits per heavy atom. The molecule has 4 nitrogen and oxygen atoms in total. The molecule has 0 saturated heterocycles. The first-order chi connectivity index (χ1) is 11.8. The third kappa shape index (κ3) is 5.07. The second kappa shape index (κ2) is 7.83. The van der Waals surface area contributed by atoms with E-state index in [0.717, 1.165) is 12.1 Å². The molecule has 0 unspecified atom stereocenters. The van der Waals surface area contributed by atoms with Gasteiger partial charge < -0.3 is 10.1 Å². The fourth-order valence-corrected chi connectivity index (χ4v) is 2.23. The van der Waals surface area contributed by atoms with Crippen molar-refractivity contribution in [2.45, 2.75) is 18.6 Å². The minimum Gasteiger partial charge on any atom is -0.467 e. The van der Waals surface area contributed by atoms with Crippen molar-refractivity contribution in [3.63, 3.8) is 0 Å². The molecule has 132 valence electrons. The molecule has 25 heavy (non-hydrogen) atoms. The van der Waals surface area contributed by atoms with Crippen LogP contribution in [0.2, 0.25) is 0 Å². The molecule has 0 spiro atoms. The molecule has 1 atom stereocenters. The summed E-state index contributed by atoms with van der Waals surface area (Å²) < 4.78 is 42.4. The number of benzene rings is 2. The Hall–Kier alpha value is -2.83. The summed E-state index contributed by atoms with van der Waals surface area (Å²) in [6.07, 6.45) is -4.41. The zero-order valence-electron chi connectivity index (χ0n) is 13.3. The van der Waals surface area contributed by atoms with Gasteiger partial charge in [0.25, 0.3) is 5.91 Å². The van der Waals surface area contributed by atoms with Crippen LogP contribution < -0.4 is 5.32 Å². The SMILES string of the molecule is COC(=O)[C@@H](Cc1ccc(C(F)(F)F)cc1)NC(=O)c1ccccc1. The number of rotatable bonds is 5. The third-order valence-corrected chi connectivity index (χ3v) is 3.55. The molecule has 7 heteroatoms. The first-order valence-corrected chi connectivity index (χ1v) is 7.41. The monoisotopic (exact) mass is 351 g/mol. The molecule has 0 aromatic heterocycles. The summed E-state index contributed by atoms with van der Waals surface area (Å²) in [7, 11) is 1.18. The zero-order chi connectivity index (χ0) is 18.4. The highest BCUT2D eigenvalue weighted by Crippen LogP contribution is 2.29. The summed E-state index contributed by atoms with van der Waals surface area (Å²) in [6.45, 7) is 0. The molecule has 0 aliphatic carbocycles. The van der Waals surface area contributed by atoms with Gasteiger partial charge >= 0.3 is 12.1 Å². The molecule has 0 aliphatic rings. The normalized spacial score (nSPS) is 12.3. The van der Waals surface area contributed by atoms with Crippen LogP contribution in [-0.2, 0) is 22.1 Å². The van der Waals surface area contributed by atoms with Crippen LogP contribution in [0.15, 0.2) is 54.6 Å². The molecule has 0 fully saturated rings. The smallest absolute Gasteiger partial charge is 0.416 e. The van der Waals surface area contributed by atoms with E-state index < -0.39 is 29.7 Å². The van der Waals surface area contributed by atoms with Gasteiger partial charge in [0.1, 0.15) is 6.04 Å². The summed E-state index contributed by atoms with van der Waals surface area (Å²) in [5.74, 6) is -1.15. The minimum atomic E-state index is -4.43. The van der Waals surface area contributed by atoms with Crippen LogP contribution in [0.4, 0.5) is 13.2 Å². The van der Waals surface area contributed by atoms with Crippen molar-refractivity contribution in [1.29, 1.82) is 0 Å². The van der Waals surface area contributed by atoms with Crippen molar-refractivity contribution in [1.82, 2.24) is 5.32 Å². The molecule has 2 aromatic carbocycles. The predicted molar refractivity (Wildman–Crippen MR) is 84.9 cm³/mol. The van der Waals surface area contributed by atoms with Gasteiger partial charge in [-0.15, -0.1) is 0 Å². The molecule has 1 amide bonds. The summed E-state index contributed by atoms with van der Waals surface area (Å²) >= 11 is 0. The van der Waals surface area contributed by atoms with Gasteiger partial charge in [-0.1, -0.05) is 30.3 Å². The summed E-state index contributed by atoms with van der Waals surface area (Å²) in [4.78, 5) is 24.1. The van der Waals surface area contributed by atoms with Crippen molar-refractivity contribution < 1.29 is 27.5 Å². The van der Waals surface area contributed by atoms with Gasteiger partial charge in [0.2, 0.25) is 0 Å². The molecule has 0 saturated carbocycles. The molecular formula is C18H16F3NO3. The van der Waals surface area contributed by atoms with Gasteiger partial charge in [-0.3, -0.25) is 4.79 Å². The Labute approximate surface area is 142 Å². The standard InChI is InChI=1S/C18H16F3NO3/c1-25-17(24)15(22-16(23)13-5-3-2-4-6-13)11-12-7-9-14(10-8-12)18(19,20)21/h2-10,15H,11H2,1H3,(H,22,23)/t15-/m1/s1. The van der Waals surface area contributed by atoms with Crippen molar-refractivity contribution in [3.05, 3.63) is 71.3 Å². The molecular weight excluding hydrogens is 335 g/mol. The summed E-state index contributed by atoms with van der Waals surface area (Å²) in [5, 5.41) is 2.54. The maximum Gasteiger partial charge on any atom is 0.416 e. The summed E-state index contributed by atoms with van der Waals surface area (Å²) in [5.41, 5.74) is 0.0553. The van der Waals surface area contributed by atoms with E-state index in [-0.39, 0.29) is 6.42 Å². The van der Waals surface area contributed by atoms with E-state index in [1.54, 1.807) is 30.3 Å². The van der Waals surface area contributed by atoms with Gasteiger partial charge in [0, 0.05) is 12.0 Å². The number of methoxy groups -OCH3 is 1. The van der Waals surface area contributed by atoms with Crippen molar-refractivity contribution in [3.8, 4) is 0 Å². The topological polar surface area (TPSA) is 55.4 Å². The molecule has 0 radical (unpaired) electrons. The number of ether oxygens (including phenoxy) is 1. The Bertz CT molecular complexity index is 727. The molecule has 0 heterocycles. The van der Waals surface area contributed by atoms with Gasteiger partial charge in [-0.25, -0.2) is 4.79 Å². The third-order valence-electron chi connectivity index (χ3n) is 3.55. The number of esters is 1. The number of halogens is 3. The lowest BCUT2D eigenvalue weighted by molar-refractivity contribution is -0.143. The van der Waals surface area contributed by atoms with E-state index in [0.29, 0.717) is 11.1 Å². The van der Waals surface area contributed by atoms with E-state index in [1.165, 1.54) is 19.2 Å². The highest BCUT2D eigenvalue weighted by molar-refractivity contribution is 5.96. The van der Waals surface area contributed by atoms with E-state index in [1.807, 2.05) is 0 Å². The van der Waals surface area contributed by atoms with Crippen molar-refractivity contribution >= 4 is 11.9 Å². The highest BCUT2D eigenvalue weighted by atomic mass is 19.4. The van der Waals surface area contributed by atoms with Crippen LogP contribution in [0.5, 0.6) is 0 Å². The number of carbonyl (C=O) groups excluding carboxylic acids is 2. The minimum absolute atomic E-state index is 0.0172. The first kappa shape index (κ1) is 18.5. The maximum atomic E-state index is 12.6. The van der Waals surface area contributed by atoms with Crippen LogP contribution >= 0.6 is 0 Å². The fraction of sp³-hybridized carbons (Fsp3) is 0.222. The highest BCUT2D eigenvalue weighted by Gasteiger charge is 2.30. The Morgan fingerprint density at radius 3 is 2.16 bits per heavy atom. The first-order valence-electron chi connectivity index (χ1n) is 7.41. The molecule has 0 aliphatic heterocycles. The second-order valence-corrected chi connectivity index (χ2v) is 5.31. The largest absolute Gasteiger partial charge is 0.467 e. The van der Waals surface area contributed by atoms with Crippen LogP contribution in [0.3, 0.4) is 0 Å². The van der Waals surface area contributed by atoms with Gasteiger partial charge in [0.05, 0.1) is 12.7 Å². The Balaban J connectivity index is 2.13. The molecule has 1 N–H and O–H groups in total. The number of hydrogen-bond donors (Lipinski definition) is 1. The lowest BCUT2D eigenvalue weighted by Gasteiger charge is -2.17. The van der Waals surface area contributed by atoms with E-state index in [4.69, 9.17) is 0 Å². The average molecular weight is 351 g/mol. The van der Waals surface area contributed by atoms with Crippen molar-refractivity contribution in [2.75, 3.05) is 7.11 Å². The number of amides is 1. The van der Waals surface area contributed by atoms with Crippen LogP contribution in [-0.4, -0.2) is 25.0 Å². The van der Waals surface area contributed by atoms with E-state index in [9.17, 15) is 22.8 Å². The van der Waals surface area contributed by atoms with Gasteiger partial charge in [-0.2, -0.15) is 13.2 Å². The van der Waals surface area contributed by atoms with E-state index in [2.05, 4.69) is 10.1 Å². The number of nitrogens with one attached hydrogen (secondary N) is 1. The van der Waals surface area contributed by atoms with Crippen LogP contribution in [0.25, 0.3) is 0 Å². The van der Waals surface area contributed by atoms with Crippen LogP contribution in [0.1, 0.15) is 21.5 Å². The van der Waals surface area contributed by atoms with E-state index >= 15 is 0 Å². The van der Waals surface area contributed by atoms with Crippen LogP contribution in [0, 0.1) is 0 Å². The Morgan fingerprint density at radius 2 is 1.64 bits per heavy atom. The predicted octanol–water partition coefficient (Wildman–Crippen LogP) is 3.22. The summed E-state index contributed by atoms with van der Waals surface area (Å²) in [6, 6.07) is 11.7. The van der Waals surface area contributed by atoms with Gasteiger partial charge in [0.15, 0.2) is 0 Å². The lowest BCUT2D eigenvalue weighted by atomic mass is 10.0. The number of alkyl halides is 3. The van der Waals surface area contributed by atoms with Crippen molar-refractivity contribution in [2.24, 2.45) is 0 Å². The number of hydrogen-bond acceptors (Lipinski definition) is 3. The number of carbonyl (C=O) groups is 2. The molecule has 2 rings (SSSR count). The fourth-order valence-electron chi connectivity index (χ4n) is 2.23. The average Bonchev–Trinajstić information content (AvgIpc) is 2.60. The quantitative estimate of drug-likeness (QED) is 0.842. The maximum absolute atomic E-state index is 12.6. The molecule has 2 aromatic rings. The molecule has 0 bridgehead atoms. The Kier molecular flexibility index (Phi) is 5.80. The van der Waals surface area contributed by atoms with Gasteiger partial charge in [-0.05, 0) is 29.8 Å². The lowest BCUT2D eigenvalue weighted by Crippen LogP contribution is -2.43.